The van der Waals surface area contributed by atoms with Gasteiger partial charge in [-0.15, -0.1) is 11.3 Å². The second kappa shape index (κ2) is 4.54. The molecule has 2 rings (SSSR count). The van der Waals surface area contributed by atoms with Crippen LogP contribution in [-0.4, -0.2) is 23.9 Å². The maximum atomic E-state index is 12.0. The molecule has 1 aromatic heterocycles. The molecule has 1 amide bonds. The van der Waals surface area contributed by atoms with Crippen molar-refractivity contribution in [2.45, 2.75) is 31.7 Å². The number of nitrogens with zero attached hydrogens (tertiary/aromatic N) is 1. The average molecular weight is 244 g/mol. The van der Waals surface area contributed by atoms with Crippen LogP contribution in [-0.2, 0) is 0 Å². The first-order chi connectivity index (χ1) is 7.18. The average Bonchev–Trinajstić information content (AvgIpc) is 2.85. The molecule has 0 radical (unpaired) electrons. The molecule has 0 N–H and O–H groups in total. The minimum atomic E-state index is 0.110. The van der Waals surface area contributed by atoms with Crippen LogP contribution < -0.4 is 0 Å². The fourth-order valence-electron chi connectivity index (χ4n) is 2.06. The lowest BCUT2D eigenvalue weighted by atomic mass is 10.2. The van der Waals surface area contributed by atoms with Gasteiger partial charge in [0.2, 0.25) is 0 Å². The molecular weight excluding hydrogens is 230 g/mol. The molecule has 0 atom stereocenters. The molecule has 0 saturated heterocycles. The zero-order valence-electron chi connectivity index (χ0n) is 8.70. The third-order valence-electron chi connectivity index (χ3n) is 2.98. The number of hydrogen-bond acceptors (Lipinski definition) is 2. The zero-order valence-corrected chi connectivity index (χ0v) is 10.3. The summed E-state index contributed by atoms with van der Waals surface area (Å²) in [6.07, 6.45) is 4.77. The van der Waals surface area contributed by atoms with Crippen molar-refractivity contribution in [3.8, 4) is 0 Å². The normalized spacial score (nSPS) is 16.9. The van der Waals surface area contributed by atoms with Gasteiger partial charge in [-0.1, -0.05) is 24.4 Å². The van der Waals surface area contributed by atoms with E-state index in [2.05, 4.69) is 0 Å². The molecule has 0 aliphatic heterocycles. The van der Waals surface area contributed by atoms with Crippen LogP contribution in [0.1, 0.15) is 35.4 Å². The van der Waals surface area contributed by atoms with Crippen LogP contribution in [0, 0.1) is 0 Å². The smallest absolute Gasteiger partial charge is 0.263 e. The Morgan fingerprint density at radius 2 is 2.13 bits per heavy atom. The van der Waals surface area contributed by atoms with Crippen molar-refractivity contribution in [1.82, 2.24) is 4.90 Å². The number of hydrogen-bond donors (Lipinski definition) is 0. The molecule has 1 fully saturated rings. The number of rotatable bonds is 2. The summed E-state index contributed by atoms with van der Waals surface area (Å²) < 4.78 is 0.679. The Morgan fingerprint density at radius 1 is 1.47 bits per heavy atom. The topological polar surface area (TPSA) is 20.3 Å². The summed E-state index contributed by atoms with van der Waals surface area (Å²) >= 11 is 7.17. The SMILES string of the molecule is CN(C(=O)c1ccc(Cl)s1)C1CCCC1. The second-order valence-electron chi connectivity index (χ2n) is 3.96. The highest BCUT2D eigenvalue weighted by atomic mass is 35.5. The van der Waals surface area contributed by atoms with Crippen molar-refractivity contribution >= 4 is 28.8 Å². The first-order valence-corrected chi connectivity index (χ1v) is 6.40. The standard InChI is InChI=1S/C11H14ClNOS/c1-13(8-4-2-3-5-8)11(14)9-6-7-10(12)15-9/h6-8H,2-5H2,1H3. The number of carbonyl (C=O) groups is 1. The Bertz CT molecular complexity index is 357. The highest BCUT2D eigenvalue weighted by molar-refractivity contribution is 7.17. The van der Waals surface area contributed by atoms with Gasteiger partial charge in [0.25, 0.3) is 5.91 Å². The third kappa shape index (κ3) is 2.34. The molecule has 0 unspecified atom stereocenters. The quantitative estimate of drug-likeness (QED) is 0.780. The van der Waals surface area contributed by atoms with Crippen molar-refractivity contribution < 1.29 is 4.79 Å². The van der Waals surface area contributed by atoms with Gasteiger partial charge in [-0.05, 0) is 25.0 Å². The van der Waals surface area contributed by atoms with Crippen molar-refractivity contribution in [1.29, 1.82) is 0 Å². The summed E-state index contributed by atoms with van der Waals surface area (Å²) in [6.45, 7) is 0. The number of thiophene rings is 1. The van der Waals surface area contributed by atoms with Gasteiger partial charge in [-0.25, -0.2) is 0 Å². The van der Waals surface area contributed by atoms with Crippen LogP contribution in [0.4, 0.5) is 0 Å². The fraction of sp³-hybridized carbons (Fsp3) is 0.545. The van der Waals surface area contributed by atoms with E-state index in [0.29, 0.717) is 10.4 Å². The molecule has 0 aromatic carbocycles. The largest absolute Gasteiger partial charge is 0.338 e. The molecule has 15 heavy (non-hydrogen) atoms. The van der Waals surface area contributed by atoms with Gasteiger partial charge in [0.15, 0.2) is 0 Å². The van der Waals surface area contributed by atoms with Crippen molar-refractivity contribution in [3.05, 3.63) is 21.3 Å². The zero-order chi connectivity index (χ0) is 10.8. The predicted octanol–water partition coefficient (Wildman–Crippen LogP) is 3.42. The minimum Gasteiger partial charge on any atom is -0.338 e. The van der Waals surface area contributed by atoms with Gasteiger partial charge < -0.3 is 4.90 Å². The van der Waals surface area contributed by atoms with Gasteiger partial charge in [-0.2, -0.15) is 0 Å². The first-order valence-electron chi connectivity index (χ1n) is 5.21. The van der Waals surface area contributed by atoms with E-state index in [0.717, 1.165) is 17.7 Å². The summed E-state index contributed by atoms with van der Waals surface area (Å²) in [5.41, 5.74) is 0. The Balaban J connectivity index is 2.06. The summed E-state index contributed by atoms with van der Waals surface area (Å²) in [5, 5.41) is 0. The van der Waals surface area contributed by atoms with Crippen LogP contribution in [0.3, 0.4) is 0 Å². The van der Waals surface area contributed by atoms with E-state index in [1.54, 1.807) is 12.1 Å². The summed E-state index contributed by atoms with van der Waals surface area (Å²) in [6, 6.07) is 4.02. The number of halogens is 1. The fourth-order valence-corrected chi connectivity index (χ4v) is 3.09. The van der Waals surface area contributed by atoms with Gasteiger partial charge in [0, 0.05) is 13.1 Å². The lowest BCUT2D eigenvalue weighted by Gasteiger charge is -2.23. The maximum absolute atomic E-state index is 12.0. The van der Waals surface area contributed by atoms with Crippen LogP contribution in [0.15, 0.2) is 12.1 Å². The monoisotopic (exact) mass is 243 g/mol. The van der Waals surface area contributed by atoms with Crippen molar-refractivity contribution in [3.63, 3.8) is 0 Å². The Hall–Kier alpha value is -0.540. The third-order valence-corrected chi connectivity index (χ3v) is 4.20. The number of amides is 1. The molecule has 0 bridgehead atoms. The molecule has 2 nitrogen and oxygen atoms in total. The van der Waals surface area contributed by atoms with E-state index in [9.17, 15) is 4.79 Å². The minimum absolute atomic E-state index is 0.110. The van der Waals surface area contributed by atoms with Gasteiger partial charge in [0.1, 0.15) is 0 Å². The molecule has 1 aromatic rings. The highest BCUT2D eigenvalue weighted by Gasteiger charge is 2.24. The van der Waals surface area contributed by atoms with Gasteiger partial charge in [0.05, 0.1) is 9.21 Å². The highest BCUT2D eigenvalue weighted by Crippen LogP contribution is 2.27. The second-order valence-corrected chi connectivity index (χ2v) is 5.67. The molecule has 1 aliphatic rings. The van der Waals surface area contributed by atoms with E-state index in [1.807, 2.05) is 11.9 Å². The molecule has 4 heteroatoms. The lowest BCUT2D eigenvalue weighted by molar-refractivity contribution is 0.0740. The lowest BCUT2D eigenvalue weighted by Crippen LogP contribution is -2.34. The van der Waals surface area contributed by atoms with Crippen molar-refractivity contribution in [2.75, 3.05) is 7.05 Å². The molecule has 1 heterocycles. The summed E-state index contributed by atoms with van der Waals surface area (Å²) in [5.74, 6) is 0.110. The summed E-state index contributed by atoms with van der Waals surface area (Å²) in [4.78, 5) is 14.6. The van der Waals surface area contributed by atoms with E-state index < -0.39 is 0 Å². The summed E-state index contributed by atoms with van der Waals surface area (Å²) in [7, 11) is 1.89. The Morgan fingerprint density at radius 3 is 2.67 bits per heavy atom. The first kappa shape index (κ1) is 11.0. The van der Waals surface area contributed by atoms with E-state index >= 15 is 0 Å². The van der Waals surface area contributed by atoms with E-state index in [4.69, 9.17) is 11.6 Å². The molecular formula is C11H14ClNOS. The van der Waals surface area contributed by atoms with Crippen LogP contribution in [0.5, 0.6) is 0 Å². The van der Waals surface area contributed by atoms with E-state index in [-0.39, 0.29) is 5.91 Å². The van der Waals surface area contributed by atoms with Crippen LogP contribution in [0.2, 0.25) is 4.34 Å². The van der Waals surface area contributed by atoms with Crippen molar-refractivity contribution in [2.24, 2.45) is 0 Å². The Labute approximate surface area is 98.8 Å². The number of carbonyl (C=O) groups excluding carboxylic acids is 1. The maximum Gasteiger partial charge on any atom is 0.263 e. The predicted molar refractivity (Wildman–Crippen MR) is 63.7 cm³/mol. The molecule has 1 aliphatic carbocycles. The van der Waals surface area contributed by atoms with Gasteiger partial charge in [-0.3, -0.25) is 4.79 Å². The van der Waals surface area contributed by atoms with E-state index in [1.165, 1.54) is 24.2 Å². The molecule has 82 valence electrons. The molecule has 0 spiro atoms. The Kier molecular flexibility index (Phi) is 3.32. The molecule has 1 saturated carbocycles. The van der Waals surface area contributed by atoms with Crippen LogP contribution >= 0.6 is 22.9 Å². The van der Waals surface area contributed by atoms with Crippen LogP contribution in [0.25, 0.3) is 0 Å². The van der Waals surface area contributed by atoms with Gasteiger partial charge >= 0.3 is 0 Å².